The number of aromatic nitrogens is 3. The molecule has 4 rings (SSSR count). The minimum Gasteiger partial charge on any atom is -0.392 e. The van der Waals surface area contributed by atoms with Gasteiger partial charge < -0.3 is 43.2 Å². The fraction of sp³-hybridized carbons (Fsp3) is 0.550. The van der Waals surface area contributed by atoms with Crippen LogP contribution in [0.1, 0.15) is 18.4 Å². The highest BCUT2D eigenvalue weighted by atomic mass is 16.3. The Morgan fingerprint density at radius 1 is 0.839 bits per heavy atom. The monoisotopic (exact) mass is 428 g/mol. The molecule has 2 fully saturated rings. The Kier molecular flexibility index (Phi) is 6.49. The number of aliphatic hydroxyl groups excluding tert-OH is 1. The van der Waals surface area contributed by atoms with E-state index in [0.717, 1.165) is 24.1 Å². The Morgan fingerprint density at radius 3 is 1.84 bits per heavy atom. The topological polar surface area (TPSA) is 181 Å². The molecule has 31 heavy (non-hydrogen) atoms. The zero-order valence-corrected chi connectivity index (χ0v) is 17.6. The number of hydrogen-bond acceptors (Lipinski definition) is 11. The van der Waals surface area contributed by atoms with Gasteiger partial charge in [0.2, 0.25) is 17.8 Å². The number of hydrogen-bond donors (Lipinski definition) is 6. The molecular formula is C20H32N10O. The second-order valence-corrected chi connectivity index (χ2v) is 8.56. The van der Waals surface area contributed by atoms with E-state index >= 15 is 0 Å². The summed E-state index contributed by atoms with van der Waals surface area (Å²) in [5.41, 5.74) is 26.3. The van der Waals surface area contributed by atoms with E-state index < -0.39 is 0 Å². The maximum atomic E-state index is 9.43. The van der Waals surface area contributed by atoms with Gasteiger partial charge in [-0.3, -0.25) is 0 Å². The minimum absolute atomic E-state index is 0.0431. The summed E-state index contributed by atoms with van der Waals surface area (Å²) >= 11 is 0. The van der Waals surface area contributed by atoms with Crippen molar-refractivity contribution >= 4 is 23.5 Å². The van der Waals surface area contributed by atoms with Crippen molar-refractivity contribution in [2.75, 3.05) is 41.3 Å². The van der Waals surface area contributed by atoms with Gasteiger partial charge in [0.25, 0.3) is 0 Å². The van der Waals surface area contributed by atoms with Crippen molar-refractivity contribution < 1.29 is 5.11 Å². The molecule has 0 amide bonds. The SMILES string of the molecule is N[C@@H]1C[C@H](N)CN(c2nc(Nc3cccc(CO)c3)nc(N3C[C@H](N)C[C@H](N)C3)n2)C1. The Morgan fingerprint density at radius 2 is 1.35 bits per heavy atom. The van der Waals surface area contributed by atoms with Crippen LogP contribution in [0.25, 0.3) is 0 Å². The molecular weight excluding hydrogens is 396 g/mol. The number of anilines is 4. The van der Waals surface area contributed by atoms with Gasteiger partial charge in [0.05, 0.1) is 6.61 Å². The van der Waals surface area contributed by atoms with Crippen LogP contribution in [0.15, 0.2) is 24.3 Å². The van der Waals surface area contributed by atoms with E-state index in [1.165, 1.54) is 0 Å². The first kappa shape index (κ1) is 21.7. The van der Waals surface area contributed by atoms with Gasteiger partial charge in [0, 0.05) is 56.0 Å². The molecule has 1 aromatic carbocycles. The highest BCUT2D eigenvalue weighted by Crippen LogP contribution is 2.24. The number of nitrogens with zero attached hydrogens (tertiary/aromatic N) is 5. The summed E-state index contributed by atoms with van der Waals surface area (Å²) in [6.45, 7) is 2.44. The van der Waals surface area contributed by atoms with Crippen LogP contribution in [0.5, 0.6) is 0 Å². The van der Waals surface area contributed by atoms with Crippen molar-refractivity contribution in [3.8, 4) is 0 Å². The van der Waals surface area contributed by atoms with Gasteiger partial charge in [-0.2, -0.15) is 15.0 Å². The average Bonchev–Trinajstić information content (AvgIpc) is 2.72. The molecule has 2 aliphatic rings. The number of aliphatic hydroxyl groups is 1. The van der Waals surface area contributed by atoms with Gasteiger partial charge in [-0.25, -0.2) is 0 Å². The molecule has 0 bridgehead atoms. The van der Waals surface area contributed by atoms with E-state index in [1.54, 1.807) is 0 Å². The fourth-order valence-corrected chi connectivity index (χ4v) is 4.25. The molecule has 3 heterocycles. The van der Waals surface area contributed by atoms with E-state index in [0.29, 0.717) is 44.0 Å². The zero-order chi connectivity index (χ0) is 22.0. The molecule has 4 atom stereocenters. The number of nitrogens with two attached hydrogens (primary N) is 4. The second-order valence-electron chi connectivity index (χ2n) is 8.56. The standard InChI is InChI=1S/C20H32N10O/c21-13-5-14(22)8-29(7-13)19-26-18(25-17-3-1-2-12(4-17)11-31)27-20(28-19)30-9-15(23)6-16(24)10-30/h1-4,13-16,31H,5-11,21-24H2,(H,25,26,27,28)/t13-,14+,15-,16+. The van der Waals surface area contributed by atoms with Gasteiger partial charge in [0.15, 0.2) is 0 Å². The summed E-state index contributed by atoms with van der Waals surface area (Å²) in [5, 5.41) is 12.7. The van der Waals surface area contributed by atoms with Crippen molar-refractivity contribution in [1.29, 1.82) is 0 Å². The van der Waals surface area contributed by atoms with E-state index in [2.05, 4.69) is 15.3 Å². The van der Waals surface area contributed by atoms with Crippen LogP contribution < -0.4 is 38.1 Å². The largest absolute Gasteiger partial charge is 0.392 e. The highest BCUT2D eigenvalue weighted by molar-refractivity contribution is 5.57. The van der Waals surface area contributed by atoms with Crippen LogP contribution in [0.2, 0.25) is 0 Å². The molecule has 11 heteroatoms. The molecule has 0 radical (unpaired) electrons. The normalized spacial score (nSPS) is 26.7. The van der Waals surface area contributed by atoms with Crippen LogP contribution in [-0.4, -0.2) is 70.4 Å². The summed E-state index contributed by atoms with van der Waals surface area (Å²) in [5.74, 6) is 1.43. The number of rotatable bonds is 5. The summed E-state index contributed by atoms with van der Waals surface area (Å²) in [7, 11) is 0. The van der Waals surface area contributed by atoms with E-state index in [4.69, 9.17) is 27.9 Å². The maximum Gasteiger partial charge on any atom is 0.233 e. The van der Waals surface area contributed by atoms with Gasteiger partial charge in [-0.15, -0.1) is 0 Å². The third-order valence-electron chi connectivity index (χ3n) is 5.57. The van der Waals surface area contributed by atoms with Crippen LogP contribution in [0, 0.1) is 0 Å². The summed E-state index contributed by atoms with van der Waals surface area (Å²) in [4.78, 5) is 18.0. The van der Waals surface area contributed by atoms with Crippen LogP contribution in [0.3, 0.4) is 0 Å². The molecule has 168 valence electrons. The lowest BCUT2D eigenvalue weighted by molar-refractivity contribution is 0.282. The predicted octanol–water partition coefficient (Wildman–Crippen LogP) is -1.16. The predicted molar refractivity (Wildman–Crippen MR) is 121 cm³/mol. The molecule has 10 N–H and O–H groups in total. The molecule has 2 aromatic rings. The molecule has 11 nitrogen and oxygen atoms in total. The van der Waals surface area contributed by atoms with Crippen LogP contribution in [0.4, 0.5) is 23.5 Å². The Hall–Kier alpha value is -2.57. The molecule has 0 saturated carbocycles. The van der Waals surface area contributed by atoms with Gasteiger partial charge >= 0.3 is 0 Å². The lowest BCUT2D eigenvalue weighted by Crippen LogP contribution is -2.54. The summed E-state index contributed by atoms with van der Waals surface area (Å²) < 4.78 is 0. The van der Waals surface area contributed by atoms with Crippen molar-refractivity contribution in [3.05, 3.63) is 29.8 Å². The first-order chi connectivity index (χ1) is 14.9. The molecule has 0 spiro atoms. The summed E-state index contributed by atoms with van der Waals surface area (Å²) in [6, 6.07) is 7.28. The molecule has 2 saturated heterocycles. The quantitative estimate of drug-likeness (QED) is 0.338. The van der Waals surface area contributed by atoms with E-state index in [1.807, 2.05) is 34.1 Å². The average molecular weight is 429 g/mol. The lowest BCUT2D eigenvalue weighted by atomic mass is 10.0. The highest BCUT2D eigenvalue weighted by Gasteiger charge is 2.28. The van der Waals surface area contributed by atoms with Crippen LogP contribution in [-0.2, 0) is 6.61 Å². The summed E-state index contributed by atoms with van der Waals surface area (Å²) in [6.07, 6.45) is 1.53. The van der Waals surface area contributed by atoms with Crippen molar-refractivity contribution in [1.82, 2.24) is 15.0 Å². The number of nitrogens with one attached hydrogen (secondary N) is 1. The van der Waals surface area contributed by atoms with Crippen molar-refractivity contribution in [2.24, 2.45) is 22.9 Å². The molecule has 0 aliphatic carbocycles. The first-order valence-corrected chi connectivity index (χ1v) is 10.6. The maximum absolute atomic E-state index is 9.43. The Bertz CT molecular complexity index is 832. The van der Waals surface area contributed by atoms with E-state index in [9.17, 15) is 5.11 Å². The van der Waals surface area contributed by atoms with Gasteiger partial charge in [0.1, 0.15) is 0 Å². The third-order valence-corrected chi connectivity index (χ3v) is 5.57. The first-order valence-electron chi connectivity index (χ1n) is 10.6. The Balaban J connectivity index is 1.67. The molecule has 2 aliphatic heterocycles. The van der Waals surface area contributed by atoms with Crippen molar-refractivity contribution in [3.63, 3.8) is 0 Å². The van der Waals surface area contributed by atoms with Gasteiger partial charge in [-0.1, -0.05) is 12.1 Å². The Labute approximate surface area is 181 Å². The number of piperidine rings is 2. The van der Waals surface area contributed by atoms with Crippen molar-refractivity contribution in [2.45, 2.75) is 43.6 Å². The molecule has 0 unspecified atom stereocenters. The minimum atomic E-state index is -0.0453. The van der Waals surface area contributed by atoms with Gasteiger partial charge in [-0.05, 0) is 30.5 Å². The van der Waals surface area contributed by atoms with Crippen LogP contribution >= 0.6 is 0 Å². The molecule has 1 aromatic heterocycles. The van der Waals surface area contributed by atoms with E-state index in [-0.39, 0.29) is 30.8 Å². The third kappa shape index (κ3) is 5.38. The lowest BCUT2D eigenvalue weighted by Gasteiger charge is -2.37. The smallest absolute Gasteiger partial charge is 0.233 e. The fourth-order valence-electron chi connectivity index (χ4n) is 4.25. The zero-order valence-electron chi connectivity index (χ0n) is 17.6. The number of benzene rings is 1. The second kappa shape index (κ2) is 9.28.